The molecule has 3 nitrogen and oxygen atoms in total. The van der Waals surface area contributed by atoms with Crippen LogP contribution in [-0.4, -0.2) is 17.8 Å². The van der Waals surface area contributed by atoms with E-state index in [0.717, 1.165) is 22.8 Å². The Kier molecular flexibility index (Phi) is 5.56. The van der Waals surface area contributed by atoms with Gasteiger partial charge in [-0.05, 0) is 31.1 Å². The summed E-state index contributed by atoms with van der Waals surface area (Å²) >= 11 is 0. The maximum atomic E-state index is 4.26. The van der Waals surface area contributed by atoms with Gasteiger partial charge in [-0.25, -0.2) is 0 Å². The predicted octanol–water partition coefficient (Wildman–Crippen LogP) is 3.97. The summed E-state index contributed by atoms with van der Waals surface area (Å²) < 4.78 is 0. The molecule has 20 heavy (non-hydrogen) atoms. The minimum atomic E-state index is 0.342. The third kappa shape index (κ3) is 3.73. The average Bonchev–Trinajstić information content (AvgIpc) is 2.43. The summed E-state index contributed by atoms with van der Waals surface area (Å²) in [4.78, 5) is 6.27. The van der Waals surface area contributed by atoms with E-state index in [1.807, 2.05) is 11.8 Å². The molecule has 0 atom stereocenters. The van der Waals surface area contributed by atoms with Crippen LogP contribution in [0.1, 0.15) is 27.7 Å². The molecule has 0 unspecified atom stereocenters. The van der Waals surface area contributed by atoms with Crippen LogP contribution in [0.4, 0.5) is 0 Å². The van der Waals surface area contributed by atoms with Gasteiger partial charge in [0.2, 0.25) is 0 Å². The van der Waals surface area contributed by atoms with Crippen LogP contribution in [0, 0.1) is 5.92 Å². The van der Waals surface area contributed by atoms with Gasteiger partial charge >= 0.3 is 0 Å². The molecular weight excluding hydrogens is 246 g/mol. The summed E-state index contributed by atoms with van der Waals surface area (Å²) in [7, 11) is 1.79. The van der Waals surface area contributed by atoms with E-state index < -0.39 is 0 Å². The van der Waals surface area contributed by atoms with Gasteiger partial charge in [-0.3, -0.25) is 4.99 Å². The fourth-order valence-corrected chi connectivity index (χ4v) is 1.96. The maximum absolute atomic E-state index is 4.26. The second-order valence-corrected chi connectivity index (χ2v) is 5.17. The zero-order valence-electron chi connectivity index (χ0n) is 13.2. The van der Waals surface area contributed by atoms with Gasteiger partial charge in [0.25, 0.3) is 0 Å². The van der Waals surface area contributed by atoms with Crippen molar-refractivity contribution in [2.75, 3.05) is 7.05 Å². The smallest absolute Gasteiger partial charge is 0.103 e. The van der Waals surface area contributed by atoms with E-state index in [1.54, 1.807) is 13.2 Å². The second-order valence-electron chi connectivity index (χ2n) is 5.17. The zero-order chi connectivity index (χ0) is 15.3. The van der Waals surface area contributed by atoms with Crippen molar-refractivity contribution in [2.45, 2.75) is 27.7 Å². The fourth-order valence-electron chi connectivity index (χ4n) is 1.96. The molecule has 0 aromatic rings. The third-order valence-corrected chi connectivity index (χ3v) is 3.23. The topological polar surface area (TPSA) is 27.6 Å². The van der Waals surface area contributed by atoms with E-state index >= 15 is 0 Å². The first kappa shape index (κ1) is 16.0. The number of amidine groups is 1. The third-order valence-electron chi connectivity index (χ3n) is 3.23. The number of hydrogen-bond donors (Lipinski definition) is 1. The highest BCUT2D eigenvalue weighted by Gasteiger charge is 2.13. The van der Waals surface area contributed by atoms with Crippen LogP contribution in [0.15, 0.2) is 65.2 Å². The van der Waals surface area contributed by atoms with Crippen molar-refractivity contribution in [1.82, 2.24) is 10.2 Å². The van der Waals surface area contributed by atoms with E-state index in [1.165, 1.54) is 5.57 Å². The summed E-state index contributed by atoms with van der Waals surface area (Å²) in [6.07, 6.45) is 8.02. The van der Waals surface area contributed by atoms with Gasteiger partial charge in [-0.2, -0.15) is 0 Å². The first-order valence-electron chi connectivity index (χ1n) is 6.82. The molecule has 0 fully saturated rings. The lowest BCUT2D eigenvalue weighted by Crippen LogP contribution is -2.28. The first-order chi connectivity index (χ1) is 9.40. The Bertz CT molecular complexity index is 516. The van der Waals surface area contributed by atoms with Gasteiger partial charge in [0.05, 0.1) is 0 Å². The quantitative estimate of drug-likeness (QED) is 0.619. The average molecular weight is 271 g/mol. The Morgan fingerprint density at radius 1 is 1.40 bits per heavy atom. The molecule has 0 radical (unpaired) electrons. The molecule has 1 heterocycles. The molecule has 0 aliphatic carbocycles. The van der Waals surface area contributed by atoms with Crippen molar-refractivity contribution in [3.8, 4) is 0 Å². The normalized spacial score (nSPS) is 18.0. The molecule has 0 bridgehead atoms. The summed E-state index contributed by atoms with van der Waals surface area (Å²) in [5, 5.41) is 3.30. The van der Waals surface area contributed by atoms with Gasteiger partial charge in [0, 0.05) is 36.8 Å². The summed E-state index contributed by atoms with van der Waals surface area (Å²) in [6, 6.07) is 0. The molecule has 1 aliphatic heterocycles. The number of nitrogens with one attached hydrogen (secondary N) is 1. The highest BCUT2D eigenvalue weighted by Crippen LogP contribution is 2.22. The zero-order valence-corrected chi connectivity index (χ0v) is 13.2. The molecule has 108 valence electrons. The Morgan fingerprint density at radius 2 is 2.05 bits per heavy atom. The van der Waals surface area contributed by atoms with Crippen molar-refractivity contribution < 1.29 is 0 Å². The number of nitrogens with zero attached hydrogens (tertiary/aromatic N) is 2. The van der Waals surface area contributed by atoms with Crippen molar-refractivity contribution in [3.05, 3.63) is 60.3 Å². The summed E-state index contributed by atoms with van der Waals surface area (Å²) in [5.74, 6) is 1.28. The van der Waals surface area contributed by atoms with Crippen molar-refractivity contribution in [2.24, 2.45) is 10.9 Å². The number of rotatable bonds is 4. The standard InChI is InChI=1S/C17H25N3/c1-8-20-11-13(4)9-10-16(20)14(5)15(6)19-17(18-7)12(2)3/h8-12H,1,6H2,2-5,7H3,(H,18,19)/b16-14+. The Labute approximate surface area is 122 Å². The second kappa shape index (κ2) is 6.94. The van der Waals surface area contributed by atoms with Crippen LogP contribution in [0.3, 0.4) is 0 Å². The van der Waals surface area contributed by atoms with Crippen LogP contribution in [0.2, 0.25) is 0 Å². The van der Waals surface area contributed by atoms with Crippen LogP contribution < -0.4 is 5.32 Å². The Hall–Kier alpha value is -2.03. The van der Waals surface area contributed by atoms with E-state index in [2.05, 4.69) is 62.6 Å². The van der Waals surface area contributed by atoms with Crippen LogP contribution >= 0.6 is 0 Å². The predicted molar refractivity (Wildman–Crippen MR) is 88.1 cm³/mol. The monoisotopic (exact) mass is 271 g/mol. The minimum Gasteiger partial charge on any atom is -0.344 e. The molecule has 0 aromatic carbocycles. The van der Waals surface area contributed by atoms with Gasteiger partial charge in [0.1, 0.15) is 5.84 Å². The lowest BCUT2D eigenvalue weighted by molar-refractivity contribution is 0.631. The fraction of sp³-hybridized carbons (Fsp3) is 0.353. The molecule has 0 amide bonds. The molecular formula is C17H25N3. The van der Waals surface area contributed by atoms with Gasteiger partial charge in [0.15, 0.2) is 0 Å². The summed E-state index contributed by atoms with van der Waals surface area (Å²) in [5.41, 5.74) is 4.20. The summed E-state index contributed by atoms with van der Waals surface area (Å²) in [6.45, 7) is 16.3. The van der Waals surface area contributed by atoms with E-state index in [0.29, 0.717) is 5.92 Å². The van der Waals surface area contributed by atoms with Crippen molar-refractivity contribution in [3.63, 3.8) is 0 Å². The van der Waals surface area contributed by atoms with Crippen LogP contribution in [0.25, 0.3) is 0 Å². The molecule has 0 saturated heterocycles. The molecule has 0 aromatic heterocycles. The minimum absolute atomic E-state index is 0.342. The van der Waals surface area contributed by atoms with E-state index in [9.17, 15) is 0 Å². The van der Waals surface area contributed by atoms with Gasteiger partial charge < -0.3 is 10.2 Å². The number of aliphatic imine (C=N–C) groups is 1. The van der Waals surface area contributed by atoms with E-state index in [4.69, 9.17) is 0 Å². The SMILES string of the molecule is C=CN1C=C(C)C=C/C1=C(/C)C(=C)NC(=NC)C(C)C. The first-order valence-corrected chi connectivity index (χ1v) is 6.82. The molecule has 1 aliphatic rings. The van der Waals surface area contributed by atoms with Gasteiger partial charge in [-0.1, -0.05) is 33.1 Å². The lowest BCUT2D eigenvalue weighted by atomic mass is 10.1. The van der Waals surface area contributed by atoms with Crippen molar-refractivity contribution in [1.29, 1.82) is 0 Å². The van der Waals surface area contributed by atoms with Crippen LogP contribution in [-0.2, 0) is 0 Å². The van der Waals surface area contributed by atoms with Crippen LogP contribution in [0.5, 0.6) is 0 Å². The molecule has 3 heteroatoms. The maximum Gasteiger partial charge on any atom is 0.103 e. The Balaban J connectivity index is 3.01. The highest BCUT2D eigenvalue weighted by molar-refractivity contribution is 5.86. The molecule has 1 N–H and O–H groups in total. The van der Waals surface area contributed by atoms with Crippen molar-refractivity contribution >= 4 is 5.84 Å². The lowest BCUT2D eigenvalue weighted by Gasteiger charge is -2.25. The highest BCUT2D eigenvalue weighted by atomic mass is 15.1. The number of hydrogen-bond acceptors (Lipinski definition) is 2. The largest absolute Gasteiger partial charge is 0.344 e. The Morgan fingerprint density at radius 3 is 2.55 bits per heavy atom. The number of allylic oxidation sites excluding steroid dienone is 4. The van der Waals surface area contributed by atoms with E-state index in [-0.39, 0.29) is 0 Å². The molecule has 0 spiro atoms. The van der Waals surface area contributed by atoms with Gasteiger partial charge in [-0.15, -0.1) is 0 Å². The molecule has 0 saturated carbocycles. The molecule has 1 rings (SSSR count).